The van der Waals surface area contributed by atoms with E-state index in [1.807, 2.05) is 31.6 Å². The number of methoxy groups -OCH3 is 1. The fourth-order valence-corrected chi connectivity index (χ4v) is 1.82. The Kier molecular flexibility index (Phi) is 3.54. The van der Waals surface area contributed by atoms with E-state index in [2.05, 4.69) is 20.9 Å². The monoisotopic (exact) mass is 219 g/mol. The van der Waals surface area contributed by atoms with Gasteiger partial charge in [0.25, 0.3) is 0 Å². The maximum Gasteiger partial charge on any atom is 0.0958 e. The molecule has 0 amide bonds. The largest absolute Gasteiger partial charge is 0.383 e. The summed E-state index contributed by atoms with van der Waals surface area (Å²) in [6.07, 6.45) is 1.88. The van der Waals surface area contributed by atoms with Crippen LogP contribution in [0, 0.1) is 0 Å². The van der Waals surface area contributed by atoms with E-state index in [-0.39, 0.29) is 0 Å². The molecule has 4 heteroatoms. The second-order valence-corrected chi connectivity index (χ2v) is 3.83. The van der Waals surface area contributed by atoms with Gasteiger partial charge in [-0.25, -0.2) is 4.98 Å². The summed E-state index contributed by atoms with van der Waals surface area (Å²) in [5.41, 5.74) is 2.20. The van der Waals surface area contributed by atoms with E-state index in [0.717, 1.165) is 12.1 Å². The third kappa shape index (κ3) is 2.23. The molecule has 0 radical (unpaired) electrons. The predicted octanol–water partition coefficient (Wildman–Crippen LogP) is 1.27. The molecule has 1 aromatic heterocycles. The smallest absolute Gasteiger partial charge is 0.0958 e. The Balaban J connectivity index is 2.20. The zero-order valence-corrected chi connectivity index (χ0v) is 9.68. The quantitative estimate of drug-likeness (QED) is 0.823. The SMILES string of the molecule is CNC(COC)Cn1cnc2ccccc21. The summed E-state index contributed by atoms with van der Waals surface area (Å²) < 4.78 is 7.31. The van der Waals surface area contributed by atoms with Gasteiger partial charge < -0.3 is 14.6 Å². The van der Waals surface area contributed by atoms with Crippen molar-refractivity contribution in [2.24, 2.45) is 0 Å². The molecule has 1 heterocycles. The minimum absolute atomic E-state index is 0.308. The van der Waals surface area contributed by atoms with E-state index >= 15 is 0 Å². The fraction of sp³-hybridized carbons (Fsp3) is 0.417. The Hall–Kier alpha value is -1.39. The molecule has 0 aliphatic heterocycles. The van der Waals surface area contributed by atoms with Crippen molar-refractivity contribution in [1.29, 1.82) is 0 Å². The van der Waals surface area contributed by atoms with Crippen molar-refractivity contribution in [2.45, 2.75) is 12.6 Å². The molecule has 2 aromatic rings. The van der Waals surface area contributed by atoms with Crippen LogP contribution in [0.3, 0.4) is 0 Å². The van der Waals surface area contributed by atoms with Crippen LogP contribution >= 0.6 is 0 Å². The van der Waals surface area contributed by atoms with Crippen LogP contribution in [0.15, 0.2) is 30.6 Å². The van der Waals surface area contributed by atoms with Crippen LogP contribution in [-0.4, -0.2) is 36.4 Å². The van der Waals surface area contributed by atoms with E-state index < -0.39 is 0 Å². The number of nitrogens with one attached hydrogen (secondary N) is 1. The highest BCUT2D eigenvalue weighted by molar-refractivity contribution is 5.74. The average Bonchev–Trinajstić information content (AvgIpc) is 2.72. The van der Waals surface area contributed by atoms with Gasteiger partial charge in [0.2, 0.25) is 0 Å². The molecule has 4 nitrogen and oxygen atoms in total. The maximum absolute atomic E-state index is 5.16. The molecule has 0 saturated carbocycles. The molecule has 0 bridgehead atoms. The molecule has 16 heavy (non-hydrogen) atoms. The number of ether oxygens (including phenoxy) is 1. The predicted molar refractivity (Wildman–Crippen MR) is 64.5 cm³/mol. The second kappa shape index (κ2) is 5.09. The van der Waals surface area contributed by atoms with E-state index in [9.17, 15) is 0 Å². The molecule has 1 unspecified atom stereocenters. The normalized spacial score (nSPS) is 13.1. The molecule has 86 valence electrons. The van der Waals surface area contributed by atoms with Crippen molar-refractivity contribution in [3.8, 4) is 0 Å². The zero-order valence-electron chi connectivity index (χ0n) is 9.68. The van der Waals surface area contributed by atoms with Gasteiger partial charge in [-0.2, -0.15) is 0 Å². The number of imidazole rings is 1. The van der Waals surface area contributed by atoms with Gasteiger partial charge in [-0.3, -0.25) is 0 Å². The van der Waals surface area contributed by atoms with Crippen molar-refractivity contribution >= 4 is 11.0 Å². The first-order valence-corrected chi connectivity index (χ1v) is 5.41. The molecule has 0 aliphatic rings. The van der Waals surface area contributed by atoms with E-state index in [0.29, 0.717) is 12.6 Å². The first kappa shape index (κ1) is 11.1. The third-order valence-corrected chi connectivity index (χ3v) is 2.72. The number of nitrogens with zero attached hydrogens (tertiary/aromatic N) is 2. The van der Waals surface area contributed by atoms with Crippen LogP contribution in [0.2, 0.25) is 0 Å². The highest BCUT2D eigenvalue weighted by Crippen LogP contribution is 2.12. The number of hydrogen-bond acceptors (Lipinski definition) is 3. The average molecular weight is 219 g/mol. The van der Waals surface area contributed by atoms with Gasteiger partial charge in [0.15, 0.2) is 0 Å². The number of rotatable bonds is 5. The molecular formula is C12H17N3O. The summed E-state index contributed by atoms with van der Waals surface area (Å²) in [5, 5.41) is 3.23. The molecule has 2 rings (SSSR count). The van der Waals surface area contributed by atoms with Crippen molar-refractivity contribution < 1.29 is 4.74 Å². The third-order valence-electron chi connectivity index (χ3n) is 2.72. The van der Waals surface area contributed by atoms with Crippen LogP contribution in [0.1, 0.15) is 0 Å². The van der Waals surface area contributed by atoms with Gasteiger partial charge in [-0.05, 0) is 19.2 Å². The first-order chi connectivity index (χ1) is 7.85. The summed E-state index contributed by atoms with van der Waals surface area (Å²) in [4.78, 5) is 4.36. The minimum Gasteiger partial charge on any atom is -0.383 e. The number of fused-ring (bicyclic) bond motifs is 1. The van der Waals surface area contributed by atoms with E-state index in [1.165, 1.54) is 5.52 Å². The number of likely N-dealkylation sites (N-methyl/N-ethyl adjacent to an activating group) is 1. The standard InChI is InChI=1S/C12H17N3O/c1-13-10(8-16-2)7-15-9-14-11-5-3-4-6-12(11)15/h3-6,9-10,13H,7-8H2,1-2H3. The van der Waals surface area contributed by atoms with E-state index in [1.54, 1.807) is 7.11 Å². The van der Waals surface area contributed by atoms with Crippen LogP contribution in [-0.2, 0) is 11.3 Å². The van der Waals surface area contributed by atoms with Crippen molar-refractivity contribution in [2.75, 3.05) is 20.8 Å². The Labute approximate surface area is 95.2 Å². The lowest BCUT2D eigenvalue weighted by molar-refractivity contribution is 0.163. The number of aromatic nitrogens is 2. The summed E-state index contributed by atoms with van der Waals surface area (Å²) in [6, 6.07) is 8.45. The van der Waals surface area contributed by atoms with Crippen LogP contribution in [0.25, 0.3) is 11.0 Å². The molecule has 0 spiro atoms. The van der Waals surface area contributed by atoms with Crippen LogP contribution < -0.4 is 5.32 Å². The summed E-state index contributed by atoms with van der Waals surface area (Å²) in [7, 11) is 3.67. The topological polar surface area (TPSA) is 39.1 Å². The van der Waals surface area contributed by atoms with Gasteiger partial charge >= 0.3 is 0 Å². The lowest BCUT2D eigenvalue weighted by atomic mass is 10.3. The molecule has 1 N–H and O–H groups in total. The van der Waals surface area contributed by atoms with Gasteiger partial charge in [0.05, 0.1) is 24.0 Å². The van der Waals surface area contributed by atoms with E-state index in [4.69, 9.17) is 4.74 Å². The summed E-state index contributed by atoms with van der Waals surface area (Å²) >= 11 is 0. The molecule has 1 atom stereocenters. The molecule has 0 fully saturated rings. The van der Waals surface area contributed by atoms with Gasteiger partial charge in [0, 0.05) is 19.7 Å². The van der Waals surface area contributed by atoms with Crippen LogP contribution in [0.4, 0.5) is 0 Å². The summed E-state index contributed by atoms with van der Waals surface area (Å²) in [5.74, 6) is 0. The van der Waals surface area contributed by atoms with Crippen LogP contribution in [0.5, 0.6) is 0 Å². The highest BCUT2D eigenvalue weighted by Gasteiger charge is 2.08. The molecule has 1 aromatic carbocycles. The molecule has 0 aliphatic carbocycles. The Morgan fingerprint density at radius 2 is 2.25 bits per heavy atom. The maximum atomic E-state index is 5.16. The van der Waals surface area contributed by atoms with Crippen molar-refractivity contribution in [3.63, 3.8) is 0 Å². The zero-order chi connectivity index (χ0) is 11.4. The first-order valence-electron chi connectivity index (χ1n) is 5.41. The number of benzene rings is 1. The van der Waals surface area contributed by atoms with Crippen molar-refractivity contribution in [3.05, 3.63) is 30.6 Å². The van der Waals surface area contributed by atoms with Gasteiger partial charge in [-0.15, -0.1) is 0 Å². The van der Waals surface area contributed by atoms with Gasteiger partial charge in [0.1, 0.15) is 0 Å². The van der Waals surface area contributed by atoms with Crippen molar-refractivity contribution in [1.82, 2.24) is 14.9 Å². The Morgan fingerprint density at radius 3 is 3.00 bits per heavy atom. The Morgan fingerprint density at radius 1 is 1.44 bits per heavy atom. The fourth-order valence-electron chi connectivity index (χ4n) is 1.82. The molecule has 0 saturated heterocycles. The highest BCUT2D eigenvalue weighted by atomic mass is 16.5. The second-order valence-electron chi connectivity index (χ2n) is 3.83. The minimum atomic E-state index is 0.308. The summed E-state index contributed by atoms with van der Waals surface area (Å²) in [6.45, 7) is 1.56. The lowest BCUT2D eigenvalue weighted by Gasteiger charge is -2.16. The van der Waals surface area contributed by atoms with Gasteiger partial charge in [-0.1, -0.05) is 12.1 Å². The Bertz CT molecular complexity index is 452. The lowest BCUT2D eigenvalue weighted by Crippen LogP contribution is -2.34. The molecular weight excluding hydrogens is 202 g/mol. The number of para-hydroxylation sites is 2. The number of hydrogen-bond donors (Lipinski definition) is 1.